The van der Waals surface area contributed by atoms with Gasteiger partial charge in [0.25, 0.3) is 0 Å². The van der Waals surface area contributed by atoms with E-state index in [1.807, 2.05) is 0 Å². The van der Waals surface area contributed by atoms with Crippen LogP contribution in [0.3, 0.4) is 0 Å². The molecule has 0 aliphatic carbocycles. The van der Waals surface area contributed by atoms with Gasteiger partial charge in [-0.2, -0.15) is 5.26 Å². The number of hydrogen-bond donors (Lipinski definition) is 1. The van der Waals surface area contributed by atoms with Crippen LogP contribution in [0.15, 0.2) is 0 Å². The first-order chi connectivity index (χ1) is 7.57. The Hall–Kier alpha value is -0.590. The van der Waals surface area contributed by atoms with E-state index in [9.17, 15) is 0 Å². The molecule has 0 aromatic rings. The molecule has 0 aromatic carbocycles. The van der Waals surface area contributed by atoms with Crippen molar-refractivity contribution in [1.29, 1.82) is 5.26 Å². The molecule has 3 nitrogen and oxygen atoms in total. The summed E-state index contributed by atoms with van der Waals surface area (Å²) in [6.07, 6.45) is 3.33. The Morgan fingerprint density at radius 2 is 2.25 bits per heavy atom. The first-order valence-electron chi connectivity index (χ1n) is 6.43. The first-order valence-corrected chi connectivity index (χ1v) is 6.43. The fourth-order valence-corrected chi connectivity index (χ4v) is 2.26. The van der Waals surface area contributed by atoms with E-state index in [2.05, 4.69) is 37.1 Å². The summed E-state index contributed by atoms with van der Waals surface area (Å²) in [6, 6.07) is 2.37. The molecule has 0 saturated carbocycles. The van der Waals surface area contributed by atoms with Crippen LogP contribution in [-0.4, -0.2) is 37.1 Å². The van der Waals surface area contributed by atoms with Crippen LogP contribution in [0, 0.1) is 16.7 Å². The van der Waals surface area contributed by atoms with Gasteiger partial charge in [0, 0.05) is 13.1 Å². The standard InChI is InChI=1S/C13H25N3/c1-4-7-15-12(10-14)5-8-16-9-6-13(2,3)11-16/h12,15H,4-9,11H2,1-3H3. The van der Waals surface area contributed by atoms with E-state index >= 15 is 0 Å². The van der Waals surface area contributed by atoms with E-state index in [0.717, 1.165) is 25.9 Å². The van der Waals surface area contributed by atoms with Crippen molar-refractivity contribution < 1.29 is 0 Å². The average Bonchev–Trinajstić information content (AvgIpc) is 2.59. The minimum Gasteiger partial charge on any atom is -0.303 e. The number of likely N-dealkylation sites (tertiary alicyclic amines) is 1. The van der Waals surface area contributed by atoms with Crippen LogP contribution in [0.1, 0.15) is 40.0 Å². The molecule has 1 N–H and O–H groups in total. The van der Waals surface area contributed by atoms with Crippen molar-refractivity contribution in [2.45, 2.75) is 46.1 Å². The SMILES string of the molecule is CCCNC(C#N)CCN1CCC(C)(C)C1. The minimum absolute atomic E-state index is 0.0312. The molecule has 0 amide bonds. The lowest BCUT2D eigenvalue weighted by atomic mass is 9.93. The third kappa shape index (κ3) is 4.51. The average molecular weight is 223 g/mol. The summed E-state index contributed by atoms with van der Waals surface area (Å²) >= 11 is 0. The van der Waals surface area contributed by atoms with Crippen molar-refractivity contribution in [2.24, 2.45) is 5.41 Å². The van der Waals surface area contributed by atoms with E-state index in [1.54, 1.807) is 0 Å². The van der Waals surface area contributed by atoms with E-state index in [1.165, 1.54) is 19.5 Å². The lowest BCUT2D eigenvalue weighted by molar-refractivity contribution is 0.281. The van der Waals surface area contributed by atoms with Gasteiger partial charge in [0.1, 0.15) is 0 Å². The molecule has 16 heavy (non-hydrogen) atoms. The van der Waals surface area contributed by atoms with Crippen LogP contribution in [0.25, 0.3) is 0 Å². The summed E-state index contributed by atoms with van der Waals surface area (Å²) in [4.78, 5) is 2.48. The lowest BCUT2D eigenvalue weighted by Crippen LogP contribution is -2.33. The van der Waals surface area contributed by atoms with Crippen LogP contribution >= 0.6 is 0 Å². The summed E-state index contributed by atoms with van der Waals surface area (Å²) < 4.78 is 0. The molecule has 1 fully saturated rings. The minimum atomic E-state index is 0.0312. The van der Waals surface area contributed by atoms with Gasteiger partial charge in [0.05, 0.1) is 12.1 Å². The van der Waals surface area contributed by atoms with Gasteiger partial charge in [0.15, 0.2) is 0 Å². The third-order valence-corrected chi connectivity index (χ3v) is 3.29. The van der Waals surface area contributed by atoms with Gasteiger partial charge in [-0.25, -0.2) is 0 Å². The molecule has 1 atom stereocenters. The fourth-order valence-electron chi connectivity index (χ4n) is 2.26. The number of hydrogen-bond acceptors (Lipinski definition) is 3. The molecule has 1 heterocycles. The molecule has 0 spiro atoms. The second kappa shape index (κ2) is 6.22. The molecule has 0 bridgehead atoms. The summed E-state index contributed by atoms with van der Waals surface area (Å²) in [7, 11) is 0. The molecule has 3 heteroatoms. The van der Waals surface area contributed by atoms with Crippen molar-refractivity contribution in [1.82, 2.24) is 10.2 Å². The zero-order valence-corrected chi connectivity index (χ0v) is 10.9. The Morgan fingerprint density at radius 1 is 1.50 bits per heavy atom. The predicted octanol–water partition coefficient (Wildman–Crippen LogP) is 2.00. The highest BCUT2D eigenvalue weighted by Crippen LogP contribution is 2.28. The summed E-state index contributed by atoms with van der Waals surface area (Å²) in [6.45, 7) is 11.2. The van der Waals surface area contributed by atoms with Crippen LogP contribution in [0.4, 0.5) is 0 Å². The normalized spacial score (nSPS) is 21.9. The highest BCUT2D eigenvalue weighted by Gasteiger charge is 2.28. The zero-order chi connectivity index (χ0) is 12.0. The van der Waals surface area contributed by atoms with Gasteiger partial charge in [-0.15, -0.1) is 0 Å². The number of nitrogens with one attached hydrogen (secondary N) is 1. The first kappa shape index (κ1) is 13.5. The molecule has 1 aliphatic heterocycles. The molecule has 0 radical (unpaired) electrons. The van der Waals surface area contributed by atoms with Crippen molar-refractivity contribution in [2.75, 3.05) is 26.2 Å². The monoisotopic (exact) mass is 223 g/mol. The smallest absolute Gasteiger partial charge is 0.0965 e. The lowest BCUT2D eigenvalue weighted by Gasteiger charge is -2.20. The molecule has 1 unspecified atom stereocenters. The summed E-state index contributed by atoms with van der Waals surface area (Å²) in [5.74, 6) is 0. The van der Waals surface area contributed by atoms with Gasteiger partial charge in [-0.1, -0.05) is 20.8 Å². The zero-order valence-electron chi connectivity index (χ0n) is 10.9. The Bertz CT molecular complexity index is 242. The van der Waals surface area contributed by atoms with Crippen LogP contribution < -0.4 is 5.32 Å². The summed E-state index contributed by atoms with van der Waals surface area (Å²) in [5, 5.41) is 12.3. The van der Waals surface area contributed by atoms with E-state index in [0.29, 0.717) is 5.41 Å². The quantitative estimate of drug-likeness (QED) is 0.748. The Labute approximate surface area is 99.8 Å². The molecule has 0 aromatic heterocycles. The van der Waals surface area contributed by atoms with Crippen LogP contribution in [0.5, 0.6) is 0 Å². The molecule has 92 valence electrons. The van der Waals surface area contributed by atoms with Crippen molar-refractivity contribution in [3.63, 3.8) is 0 Å². The number of nitriles is 1. The van der Waals surface area contributed by atoms with Crippen molar-refractivity contribution >= 4 is 0 Å². The fraction of sp³-hybridized carbons (Fsp3) is 0.923. The maximum atomic E-state index is 9.00. The van der Waals surface area contributed by atoms with Gasteiger partial charge >= 0.3 is 0 Å². The van der Waals surface area contributed by atoms with Crippen molar-refractivity contribution in [3.8, 4) is 6.07 Å². The third-order valence-electron chi connectivity index (χ3n) is 3.29. The van der Waals surface area contributed by atoms with Gasteiger partial charge in [-0.3, -0.25) is 0 Å². The number of nitrogens with zero attached hydrogens (tertiary/aromatic N) is 2. The highest BCUT2D eigenvalue weighted by molar-refractivity contribution is 4.91. The van der Waals surface area contributed by atoms with E-state index in [-0.39, 0.29) is 6.04 Å². The largest absolute Gasteiger partial charge is 0.303 e. The Kier molecular flexibility index (Phi) is 5.24. The van der Waals surface area contributed by atoms with Crippen LogP contribution in [-0.2, 0) is 0 Å². The highest BCUT2D eigenvalue weighted by atomic mass is 15.2. The predicted molar refractivity (Wildman–Crippen MR) is 67.1 cm³/mol. The van der Waals surface area contributed by atoms with Gasteiger partial charge < -0.3 is 10.2 Å². The Morgan fingerprint density at radius 3 is 2.75 bits per heavy atom. The molecular weight excluding hydrogens is 198 g/mol. The van der Waals surface area contributed by atoms with Crippen molar-refractivity contribution in [3.05, 3.63) is 0 Å². The Balaban J connectivity index is 2.21. The second-order valence-corrected chi connectivity index (χ2v) is 5.61. The maximum Gasteiger partial charge on any atom is 0.0965 e. The number of rotatable bonds is 6. The topological polar surface area (TPSA) is 39.1 Å². The van der Waals surface area contributed by atoms with Crippen LogP contribution in [0.2, 0.25) is 0 Å². The summed E-state index contributed by atoms with van der Waals surface area (Å²) in [5.41, 5.74) is 0.471. The maximum absolute atomic E-state index is 9.00. The molecular formula is C13H25N3. The van der Waals surface area contributed by atoms with E-state index < -0.39 is 0 Å². The van der Waals surface area contributed by atoms with E-state index in [4.69, 9.17) is 5.26 Å². The van der Waals surface area contributed by atoms with Gasteiger partial charge in [-0.05, 0) is 37.8 Å². The molecule has 1 saturated heterocycles. The molecule has 1 rings (SSSR count). The second-order valence-electron chi connectivity index (χ2n) is 5.61. The van der Waals surface area contributed by atoms with Gasteiger partial charge in [0.2, 0.25) is 0 Å². The molecule has 1 aliphatic rings.